The quantitative estimate of drug-likeness (QED) is 0.640. The molecule has 1 radical (unpaired) electrons. The standard InChI is InChI=1S/C7H11F3NO2/c1-5(2)3-4-6(12,11(5)13)7(8,9)10/h12H,3-4H2,1-2H3. The topological polar surface area (TPSA) is 43.4 Å². The Labute approximate surface area is 73.7 Å². The van der Waals surface area contributed by atoms with Crippen LogP contribution in [-0.2, 0) is 5.21 Å². The van der Waals surface area contributed by atoms with Crippen LogP contribution < -0.4 is 0 Å². The van der Waals surface area contributed by atoms with Crippen molar-refractivity contribution < 1.29 is 23.5 Å². The molecule has 0 bridgehead atoms. The molecule has 6 heteroatoms. The van der Waals surface area contributed by atoms with Gasteiger partial charge in [-0.25, -0.2) is 0 Å². The van der Waals surface area contributed by atoms with Gasteiger partial charge in [0.05, 0.1) is 0 Å². The van der Waals surface area contributed by atoms with Crippen LogP contribution >= 0.6 is 0 Å². The summed E-state index contributed by atoms with van der Waals surface area (Å²) in [6.07, 6.45) is -5.41. The molecule has 0 amide bonds. The predicted molar refractivity (Wildman–Crippen MR) is 36.8 cm³/mol. The lowest BCUT2D eigenvalue weighted by Gasteiger charge is -2.34. The first-order valence-electron chi connectivity index (χ1n) is 3.88. The van der Waals surface area contributed by atoms with Gasteiger partial charge in [-0.1, -0.05) is 0 Å². The van der Waals surface area contributed by atoms with E-state index in [2.05, 4.69) is 0 Å². The van der Waals surface area contributed by atoms with Crippen LogP contribution in [0.3, 0.4) is 0 Å². The van der Waals surface area contributed by atoms with Gasteiger partial charge >= 0.3 is 6.18 Å². The van der Waals surface area contributed by atoms with E-state index in [1.165, 1.54) is 13.8 Å². The molecule has 77 valence electrons. The Bertz CT molecular complexity index is 216. The molecule has 1 unspecified atom stereocenters. The summed E-state index contributed by atoms with van der Waals surface area (Å²) in [5, 5.41) is 20.0. The third-order valence-electron chi connectivity index (χ3n) is 2.43. The zero-order valence-electron chi connectivity index (χ0n) is 7.35. The van der Waals surface area contributed by atoms with Crippen molar-refractivity contribution in [1.29, 1.82) is 0 Å². The molecule has 1 rings (SSSR count). The molecule has 13 heavy (non-hydrogen) atoms. The summed E-state index contributed by atoms with van der Waals surface area (Å²) < 4.78 is 36.7. The van der Waals surface area contributed by atoms with Crippen molar-refractivity contribution in [1.82, 2.24) is 5.06 Å². The highest BCUT2D eigenvalue weighted by molar-refractivity contribution is 4.98. The highest BCUT2D eigenvalue weighted by Gasteiger charge is 2.65. The third-order valence-corrected chi connectivity index (χ3v) is 2.43. The molecule has 1 aliphatic heterocycles. The molecule has 0 spiro atoms. The van der Waals surface area contributed by atoms with Gasteiger partial charge in [0.2, 0.25) is 5.72 Å². The zero-order chi connectivity index (χ0) is 10.5. The number of hydrogen-bond donors (Lipinski definition) is 1. The second-order valence-electron chi connectivity index (χ2n) is 3.92. The molecule has 0 aromatic heterocycles. The van der Waals surface area contributed by atoms with Crippen molar-refractivity contribution in [3.63, 3.8) is 0 Å². The van der Waals surface area contributed by atoms with E-state index in [1.807, 2.05) is 0 Å². The molecule has 0 aliphatic carbocycles. The highest BCUT2D eigenvalue weighted by Crippen LogP contribution is 2.46. The van der Waals surface area contributed by atoms with E-state index in [9.17, 15) is 18.4 Å². The molecular weight excluding hydrogens is 187 g/mol. The molecule has 1 aliphatic rings. The van der Waals surface area contributed by atoms with Gasteiger partial charge in [-0.05, 0) is 20.3 Å². The van der Waals surface area contributed by atoms with E-state index >= 15 is 0 Å². The molecule has 1 heterocycles. The summed E-state index contributed by atoms with van der Waals surface area (Å²) in [4.78, 5) is 0. The lowest BCUT2D eigenvalue weighted by atomic mass is 10.0. The lowest BCUT2D eigenvalue weighted by molar-refractivity contribution is -0.401. The molecule has 1 N–H and O–H groups in total. The summed E-state index contributed by atoms with van der Waals surface area (Å²) in [5.74, 6) is 0. The zero-order valence-corrected chi connectivity index (χ0v) is 7.35. The van der Waals surface area contributed by atoms with E-state index in [0.29, 0.717) is 0 Å². The number of nitrogens with zero attached hydrogens (tertiary/aromatic N) is 1. The number of rotatable bonds is 0. The summed E-state index contributed by atoms with van der Waals surface area (Å²) in [6, 6.07) is 0. The Morgan fingerprint density at radius 3 is 1.92 bits per heavy atom. The van der Waals surface area contributed by atoms with Crippen molar-refractivity contribution in [3.8, 4) is 0 Å². The van der Waals surface area contributed by atoms with Crippen LogP contribution in [0, 0.1) is 0 Å². The fraction of sp³-hybridized carbons (Fsp3) is 1.00. The van der Waals surface area contributed by atoms with Gasteiger partial charge in [-0.15, -0.1) is 10.3 Å². The summed E-state index contributed by atoms with van der Waals surface area (Å²) in [5.41, 5.74) is -4.35. The smallest absolute Gasteiger partial charge is 0.366 e. The van der Waals surface area contributed by atoms with Gasteiger partial charge in [0, 0.05) is 12.0 Å². The van der Waals surface area contributed by atoms with Crippen LogP contribution in [0.2, 0.25) is 0 Å². The van der Waals surface area contributed by atoms with E-state index in [0.717, 1.165) is 0 Å². The number of alkyl halides is 3. The summed E-state index contributed by atoms with van der Waals surface area (Å²) in [6.45, 7) is 2.76. The first-order chi connectivity index (χ1) is 5.61. The average molecular weight is 198 g/mol. The maximum Gasteiger partial charge on any atom is 0.433 e. The molecule has 0 aromatic rings. The van der Waals surface area contributed by atoms with Crippen LogP contribution in [0.15, 0.2) is 0 Å². The van der Waals surface area contributed by atoms with Crippen molar-refractivity contribution in [3.05, 3.63) is 0 Å². The first-order valence-corrected chi connectivity index (χ1v) is 3.88. The van der Waals surface area contributed by atoms with Crippen LogP contribution in [0.25, 0.3) is 0 Å². The van der Waals surface area contributed by atoms with Gasteiger partial charge in [-0.3, -0.25) is 0 Å². The number of hydroxylamine groups is 2. The van der Waals surface area contributed by atoms with Gasteiger partial charge in [0.1, 0.15) is 0 Å². The van der Waals surface area contributed by atoms with Gasteiger partial charge in [-0.2, -0.15) is 13.2 Å². The Hall–Kier alpha value is -0.330. The molecule has 0 aromatic carbocycles. The van der Waals surface area contributed by atoms with E-state index in [-0.39, 0.29) is 11.5 Å². The largest absolute Gasteiger partial charge is 0.433 e. The lowest BCUT2D eigenvalue weighted by Crippen LogP contribution is -2.57. The number of aliphatic hydroxyl groups is 1. The van der Waals surface area contributed by atoms with Crippen molar-refractivity contribution in [2.75, 3.05) is 0 Å². The second kappa shape index (κ2) is 2.59. The minimum absolute atomic E-state index is 0.0342. The molecule has 1 saturated heterocycles. The van der Waals surface area contributed by atoms with E-state index in [4.69, 9.17) is 5.11 Å². The predicted octanol–water partition coefficient (Wildman–Crippen LogP) is 1.46. The maximum absolute atomic E-state index is 12.2. The van der Waals surface area contributed by atoms with Gasteiger partial charge in [0.15, 0.2) is 0 Å². The molecule has 0 saturated carbocycles. The van der Waals surface area contributed by atoms with Crippen LogP contribution in [0.5, 0.6) is 0 Å². The molecule has 1 fully saturated rings. The van der Waals surface area contributed by atoms with Crippen molar-refractivity contribution >= 4 is 0 Å². The minimum Gasteiger partial charge on any atom is -0.366 e. The SMILES string of the molecule is CC1(C)CCC(O)(C(F)(F)F)N1[O]. The van der Waals surface area contributed by atoms with E-state index in [1.54, 1.807) is 0 Å². The average Bonchev–Trinajstić information content (AvgIpc) is 2.14. The number of hydrogen-bond acceptors (Lipinski definition) is 2. The van der Waals surface area contributed by atoms with Crippen LogP contribution in [-0.4, -0.2) is 27.6 Å². The maximum atomic E-state index is 12.2. The third kappa shape index (κ3) is 1.43. The molecular formula is C7H11F3NO2. The second-order valence-corrected chi connectivity index (χ2v) is 3.92. The number of halogens is 3. The highest BCUT2D eigenvalue weighted by atomic mass is 19.4. The Kier molecular flexibility index (Phi) is 2.14. The normalized spacial score (nSPS) is 35.3. The van der Waals surface area contributed by atoms with Crippen LogP contribution in [0.1, 0.15) is 26.7 Å². The summed E-state index contributed by atoms with van der Waals surface area (Å²) in [7, 11) is 0. The fourth-order valence-corrected chi connectivity index (χ4v) is 1.44. The van der Waals surface area contributed by atoms with Crippen molar-refractivity contribution in [2.45, 2.75) is 44.1 Å². The van der Waals surface area contributed by atoms with Crippen molar-refractivity contribution in [2.24, 2.45) is 0 Å². The molecule has 1 atom stereocenters. The monoisotopic (exact) mass is 198 g/mol. The Morgan fingerprint density at radius 2 is 1.77 bits per heavy atom. The minimum atomic E-state index is -4.89. The molecule has 3 nitrogen and oxygen atoms in total. The Balaban J connectivity index is 2.97. The Morgan fingerprint density at radius 1 is 1.31 bits per heavy atom. The van der Waals surface area contributed by atoms with Gasteiger partial charge in [0.25, 0.3) is 0 Å². The summed E-state index contributed by atoms with van der Waals surface area (Å²) >= 11 is 0. The van der Waals surface area contributed by atoms with Gasteiger partial charge < -0.3 is 5.11 Å². The van der Waals surface area contributed by atoms with E-state index < -0.39 is 23.9 Å². The first kappa shape index (κ1) is 10.7. The van der Waals surface area contributed by atoms with Crippen LogP contribution in [0.4, 0.5) is 13.2 Å². The fourth-order valence-electron chi connectivity index (χ4n) is 1.44.